The SMILES string of the molecule is CCc1ccc(-c2nc(-c3nc(-c4ccccc4)cs3)sc2C)cc1. The molecule has 0 aliphatic carbocycles. The van der Waals surface area contributed by atoms with Gasteiger partial charge in [-0.3, -0.25) is 0 Å². The van der Waals surface area contributed by atoms with Gasteiger partial charge in [-0.25, -0.2) is 9.97 Å². The van der Waals surface area contributed by atoms with Crippen LogP contribution in [-0.4, -0.2) is 9.97 Å². The first-order valence-electron chi connectivity index (χ1n) is 8.32. The molecule has 2 aromatic heterocycles. The molecule has 0 fully saturated rings. The Hall–Kier alpha value is -2.30. The Morgan fingerprint density at radius 1 is 0.840 bits per heavy atom. The Morgan fingerprint density at radius 3 is 2.32 bits per heavy atom. The van der Waals surface area contributed by atoms with Crippen LogP contribution in [0.4, 0.5) is 0 Å². The standard InChI is InChI=1S/C21H18N2S2/c1-3-15-9-11-17(12-10-15)19-14(2)25-21(23-19)20-22-18(13-24-20)16-7-5-4-6-8-16/h4-13H,3H2,1-2H3. The summed E-state index contributed by atoms with van der Waals surface area (Å²) in [6, 6.07) is 19.0. The van der Waals surface area contributed by atoms with Crippen LogP contribution in [0.1, 0.15) is 17.4 Å². The van der Waals surface area contributed by atoms with E-state index in [1.54, 1.807) is 22.7 Å². The zero-order valence-electron chi connectivity index (χ0n) is 14.2. The predicted molar refractivity (Wildman–Crippen MR) is 108 cm³/mol. The highest BCUT2D eigenvalue weighted by Crippen LogP contribution is 2.36. The zero-order valence-corrected chi connectivity index (χ0v) is 15.8. The predicted octanol–water partition coefficient (Wildman–Crippen LogP) is 6.47. The first kappa shape index (κ1) is 16.2. The van der Waals surface area contributed by atoms with Crippen molar-refractivity contribution in [3.63, 3.8) is 0 Å². The molecule has 0 N–H and O–H groups in total. The number of benzene rings is 2. The summed E-state index contributed by atoms with van der Waals surface area (Å²) >= 11 is 3.38. The van der Waals surface area contributed by atoms with Crippen LogP contribution in [0.5, 0.6) is 0 Å². The normalized spacial score (nSPS) is 11.0. The van der Waals surface area contributed by atoms with Crippen molar-refractivity contribution in [3.8, 4) is 32.5 Å². The maximum atomic E-state index is 4.88. The molecule has 0 atom stereocenters. The van der Waals surface area contributed by atoms with Gasteiger partial charge in [0.25, 0.3) is 0 Å². The van der Waals surface area contributed by atoms with Gasteiger partial charge in [0.2, 0.25) is 0 Å². The van der Waals surface area contributed by atoms with Gasteiger partial charge >= 0.3 is 0 Å². The molecule has 2 heterocycles. The monoisotopic (exact) mass is 362 g/mol. The Kier molecular flexibility index (Phi) is 4.47. The molecule has 0 aliphatic rings. The van der Waals surface area contributed by atoms with Crippen LogP contribution in [-0.2, 0) is 6.42 Å². The average molecular weight is 363 g/mol. The van der Waals surface area contributed by atoms with Gasteiger partial charge in [-0.15, -0.1) is 22.7 Å². The van der Waals surface area contributed by atoms with E-state index < -0.39 is 0 Å². The second-order valence-corrected chi connectivity index (χ2v) is 7.94. The van der Waals surface area contributed by atoms with E-state index in [9.17, 15) is 0 Å². The van der Waals surface area contributed by atoms with Gasteiger partial charge in [0.15, 0.2) is 10.0 Å². The van der Waals surface area contributed by atoms with E-state index in [2.05, 4.69) is 55.6 Å². The number of rotatable bonds is 4. The van der Waals surface area contributed by atoms with Gasteiger partial charge in [-0.1, -0.05) is 61.5 Å². The Morgan fingerprint density at radius 2 is 1.60 bits per heavy atom. The highest BCUT2D eigenvalue weighted by Gasteiger charge is 2.14. The molecule has 0 unspecified atom stereocenters. The van der Waals surface area contributed by atoms with Gasteiger partial charge in [0, 0.05) is 21.4 Å². The van der Waals surface area contributed by atoms with E-state index in [0.717, 1.165) is 33.4 Å². The number of aryl methyl sites for hydroxylation is 2. The minimum atomic E-state index is 0.989. The molecule has 2 nitrogen and oxygen atoms in total. The van der Waals surface area contributed by atoms with E-state index in [1.165, 1.54) is 16.0 Å². The molecule has 25 heavy (non-hydrogen) atoms. The third-order valence-electron chi connectivity index (χ3n) is 4.19. The molecule has 4 rings (SSSR count). The zero-order chi connectivity index (χ0) is 17.2. The number of aromatic nitrogens is 2. The molecule has 0 saturated carbocycles. The summed E-state index contributed by atoms with van der Waals surface area (Å²) in [4.78, 5) is 10.9. The van der Waals surface area contributed by atoms with Gasteiger partial charge < -0.3 is 0 Å². The summed E-state index contributed by atoms with van der Waals surface area (Å²) < 4.78 is 0. The quantitative estimate of drug-likeness (QED) is 0.416. The van der Waals surface area contributed by atoms with Crippen LogP contribution in [0.25, 0.3) is 32.5 Å². The van der Waals surface area contributed by atoms with Crippen LogP contribution >= 0.6 is 22.7 Å². The van der Waals surface area contributed by atoms with Crippen molar-refractivity contribution >= 4 is 22.7 Å². The van der Waals surface area contributed by atoms with Gasteiger partial charge in [0.1, 0.15) is 0 Å². The van der Waals surface area contributed by atoms with Crippen LogP contribution in [0.15, 0.2) is 60.0 Å². The van der Waals surface area contributed by atoms with Gasteiger partial charge in [0.05, 0.1) is 11.4 Å². The summed E-state index contributed by atoms with van der Waals surface area (Å²) in [5.41, 5.74) is 5.76. The summed E-state index contributed by atoms with van der Waals surface area (Å²) in [7, 11) is 0. The number of nitrogens with zero attached hydrogens (tertiary/aromatic N) is 2. The Labute approximate surface area is 155 Å². The van der Waals surface area contributed by atoms with Crippen molar-refractivity contribution in [1.29, 1.82) is 0 Å². The Balaban J connectivity index is 1.67. The molecular weight excluding hydrogens is 344 g/mol. The minimum absolute atomic E-state index is 0.989. The van der Waals surface area contributed by atoms with Crippen molar-refractivity contribution in [2.75, 3.05) is 0 Å². The molecule has 0 amide bonds. The lowest BCUT2D eigenvalue weighted by molar-refractivity contribution is 1.14. The minimum Gasteiger partial charge on any atom is -0.233 e. The molecule has 4 heteroatoms. The summed E-state index contributed by atoms with van der Waals surface area (Å²) in [5, 5.41) is 4.10. The lowest BCUT2D eigenvalue weighted by Crippen LogP contribution is -1.84. The van der Waals surface area contributed by atoms with Gasteiger partial charge in [-0.2, -0.15) is 0 Å². The number of hydrogen-bond donors (Lipinski definition) is 0. The number of thiazole rings is 2. The maximum Gasteiger partial charge on any atom is 0.153 e. The molecule has 4 aromatic rings. The lowest BCUT2D eigenvalue weighted by atomic mass is 10.1. The molecule has 0 saturated heterocycles. The van der Waals surface area contributed by atoms with E-state index in [1.807, 2.05) is 18.2 Å². The molecule has 0 bridgehead atoms. The van der Waals surface area contributed by atoms with E-state index in [-0.39, 0.29) is 0 Å². The molecule has 124 valence electrons. The summed E-state index contributed by atoms with van der Waals surface area (Å²) in [6.45, 7) is 4.31. The maximum absolute atomic E-state index is 4.88. The summed E-state index contributed by atoms with van der Waals surface area (Å²) in [6.07, 6.45) is 1.06. The van der Waals surface area contributed by atoms with Crippen molar-refractivity contribution in [3.05, 3.63) is 70.4 Å². The van der Waals surface area contributed by atoms with E-state index in [4.69, 9.17) is 9.97 Å². The fourth-order valence-electron chi connectivity index (χ4n) is 2.77. The van der Waals surface area contributed by atoms with E-state index in [0.29, 0.717) is 0 Å². The Bertz CT molecular complexity index is 982. The van der Waals surface area contributed by atoms with E-state index >= 15 is 0 Å². The second kappa shape index (κ2) is 6.90. The molecular formula is C21H18N2S2. The van der Waals surface area contributed by atoms with Crippen molar-refractivity contribution in [2.24, 2.45) is 0 Å². The van der Waals surface area contributed by atoms with Crippen LogP contribution < -0.4 is 0 Å². The topological polar surface area (TPSA) is 25.8 Å². The average Bonchev–Trinajstić information content (AvgIpc) is 3.29. The third kappa shape index (κ3) is 3.28. The first-order valence-corrected chi connectivity index (χ1v) is 10.0. The second-order valence-electron chi connectivity index (χ2n) is 5.88. The van der Waals surface area contributed by atoms with Crippen molar-refractivity contribution < 1.29 is 0 Å². The largest absolute Gasteiger partial charge is 0.233 e. The fourth-order valence-corrected chi connectivity index (χ4v) is 4.57. The molecule has 0 radical (unpaired) electrons. The van der Waals surface area contributed by atoms with Gasteiger partial charge in [-0.05, 0) is 18.9 Å². The lowest BCUT2D eigenvalue weighted by Gasteiger charge is -2.00. The highest BCUT2D eigenvalue weighted by molar-refractivity contribution is 7.21. The van der Waals surface area contributed by atoms with Crippen molar-refractivity contribution in [1.82, 2.24) is 9.97 Å². The molecule has 0 aliphatic heterocycles. The third-order valence-corrected chi connectivity index (χ3v) is 6.14. The molecule has 0 spiro atoms. The van der Waals surface area contributed by atoms with Crippen LogP contribution in [0.2, 0.25) is 0 Å². The summed E-state index contributed by atoms with van der Waals surface area (Å²) in [5.74, 6) is 0. The van der Waals surface area contributed by atoms with Crippen LogP contribution in [0, 0.1) is 6.92 Å². The van der Waals surface area contributed by atoms with Crippen molar-refractivity contribution in [2.45, 2.75) is 20.3 Å². The first-order chi connectivity index (χ1) is 12.2. The smallest absolute Gasteiger partial charge is 0.153 e. The fraction of sp³-hybridized carbons (Fsp3) is 0.143. The molecule has 2 aromatic carbocycles. The number of hydrogen-bond acceptors (Lipinski definition) is 4. The highest BCUT2D eigenvalue weighted by atomic mass is 32.1. The van der Waals surface area contributed by atoms with Crippen LogP contribution in [0.3, 0.4) is 0 Å².